The van der Waals surface area contributed by atoms with Gasteiger partial charge in [-0.2, -0.15) is 0 Å². The van der Waals surface area contributed by atoms with Crippen molar-refractivity contribution in [3.8, 4) is 0 Å². The summed E-state index contributed by atoms with van der Waals surface area (Å²) in [5.41, 5.74) is 1.07. The van der Waals surface area contributed by atoms with Crippen molar-refractivity contribution in [2.24, 2.45) is 0 Å². The number of hydrogen-bond acceptors (Lipinski definition) is 7. The first-order valence-corrected chi connectivity index (χ1v) is 9.15. The number of carbonyl (C=O) groups is 2. The Morgan fingerprint density at radius 2 is 1.96 bits per heavy atom. The summed E-state index contributed by atoms with van der Waals surface area (Å²) >= 11 is 1.20. The Kier molecular flexibility index (Phi) is 5.27. The summed E-state index contributed by atoms with van der Waals surface area (Å²) in [6, 6.07) is 11.3. The van der Waals surface area contributed by atoms with Crippen LogP contribution in [0.3, 0.4) is 0 Å². The summed E-state index contributed by atoms with van der Waals surface area (Å²) < 4.78 is 10.6. The number of carbonyl (C=O) groups excluding carboxylic acids is 2. The van der Waals surface area contributed by atoms with Crippen molar-refractivity contribution in [3.05, 3.63) is 69.5 Å². The number of ether oxygens (including phenoxy) is 1. The molecule has 0 amide bonds. The number of nitro groups is 1. The molecule has 0 aliphatic heterocycles. The van der Waals surface area contributed by atoms with Gasteiger partial charge in [-0.25, -0.2) is 4.79 Å². The van der Waals surface area contributed by atoms with Crippen LogP contribution in [0, 0.1) is 17.0 Å². The maximum Gasteiger partial charge on any atom is 0.338 e. The van der Waals surface area contributed by atoms with E-state index in [0.29, 0.717) is 16.0 Å². The molecule has 8 heteroatoms. The monoisotopic (exact) mass is 385 g/mol. The van der Waals surface area contributed by atoms with Gasteiger partial charge in [-0.05, 0) is 31.4 Å². The second-order valence-electron chi connectivity index (χ2n) is 5.70. The number of nitro benzene ring substituents is 1. The highest BCUT2D eigenvalue weighted by Gasteiger charge is 2.21. The lowest BCUT2D eigenvalue weighted by atomic mass is 10.1. The van der Waals surface area contributed by atoms with E-state index < -0.39 is 23.3 Å². The fraction of sp³-hybridized carbons (Fsp3) is 0.158. The van der Waals surface area contributed by atoms with Crippen LogP contribution in [0.5, 0.6) is 0 Å². The number of thioether (sulfide) groups is 1. The first kappa shape index (κ1) is 18.7. The van der Waals surface area contributed by atoms with Crippen LogP contribution in [-0.4, -0.2) is 29.5 Å². The molecule has 0 N–H and O–H groups in total. The normalized spacial score (nSPS) is 10.7. The molecule has 138 valence electrons. The third kappa shape index (κ3) is 3.70. The molecule has 0 radical (unpaired) electrons. The molecule has 0 saturated heterocycles. The molecule has 0 spiro atoms. The zero-order valence-corrected chi connectivity index (χ0v) is 15.4. The molecule has 3 rings (SSSR count). The third-order valence-corrected chi connectivity index (χ3v) is 4.83. The van der Waals surface area contributed by atoms with Gasteiger partial charge in [-0.1, -0.05) is 18.2 Å². The van der Waals surface area contributed by atoms with E-state index in [9.17, 15) is 19.7 Å². The van der Waals surface area contributed by atoms with Gasteiger partial charge in [-0.15, -0.1) is 11.8 Å². The number of Topliss-reactive ketones (excluding diaryl/α,β-unsaturated/α-hetero) is 1. The molecule has 0 unspecified atom stereocenters. The first-order valence-electron chi connectivity index (χ1n) is 7.93. The summed E-state index contributed by atoms with van der Waals surface area (Å²) in [6.07, 6.45) is 1.70. The number of aryl methyl sites for hydroxylation is 1. The molecular weight excluding hydrogens is 370 g/mol. The zero-order valence-electron chi connectivity index (χ0n) is 14.6. The van der Waals surface area contributed by atoms with Crippen LogP contribution in [0.1, 0.15) is 26.5 Å². The summed E-state index contributed by atoms with van der Waals surface area (Å²) in [5.74, 6) is -1.16. The number of fused-ring (bicyclic) bond motifs is 1. The lowest BCUT2D eigenvalue weighted by molar-refractivity contribution is -0.387. The molecule has 0 fully saturated rings. The largest absolute Gasteiger partial charge is 0.454 e. The van der Waals surface area contributed by atoms with Gasteiger partial charge in [0.1, 0.15) is 5.58 Å². The van der Waals surface area contributed by atoms with Crippen LogP contribution in [-0.2, 0) is 4.74 Å². The molecule has 0 aliphatic carbocycles. The van der Waals surface area contributed by atoms with E-state index in [1.165, 1.54) is 23.9 Å². The Hall–Kier alpha value is -3.13. The van der Waals surface area contributed by atoms with Crippen molar-refractivity contribution >= 4 is 40.2 Å². The van der Waals surface area contributed by atoms with Gasteiger partial charge in [0.05, 0.1) is 15.4 Å². The lowest BCUT2D eigenvalue weighted by Gasteiger charge is -2.05. The summed E-state index contributed by atoms with van der Waals surface area (Å²) in [7, 11) is 0. The second kappa shape index (κ2) is 7.63. The lowest BCUT2D eigenvalue weighted by Crippen LogP contribution is -2.14. The van der Waals surface area contributed by atoms with Crippen molar-refractivity contribution in [3.63, 3.8) is 0 Å². The molecule has 0 bridgehead atoms. The SMILES string of the molecule is CSc1ccc(C(=O)OCC(=O)c2oc3ccccc3c2C)cc1[N+](=O)[O-]. The minimum Gasteiger partial charge on any atom is -0.454 e. The van der Waals surface area contributed by atoms with E-state index in [-0.39, 0.29) is 17.0 Å². The molecule has 3 aromatic rings. The minimum absolute atomic E-state index is 0.00799. The van der Waals surface area contributed by atoms with E-state index in [1.54, 1.807) is 25.3 Å². The van der Waals surface area contributed by atoms with Gasteiger partial charge in [0.25, 0.3) is 5.69 Å². The average Bonchev–Trinajstić information content (AvgIpc) is 3.02. The summed E-state index contributed by atoms with van der Waals surface area (Å²) in [4.78, 5) is 35.5. The maximum atomic E-state index is 12.4. The molecule has 1 heterocycles. The van der Waals surface area contributed by atoms with E-state index in [0.717, 1.165) is 11.5 Å². The smallest absolute Gasteiger partial charge is 0.338 e. The van der Waals surface area contributed by atoms with Crippen LogP contribution in [0.15, 0.2) is 51.8 Å². The van der Waals surface area contributed by atoms with Crippen molar-refractivity contribution < 1.29 is 23.7 Å². The number of hydrogen-bond donors (Lipinski definition) is 0. The van der Waals surface area contributed by atoms with Crippen molar-refractivity contribution in [2.75, 3.05) is 12.9 Å². The summed E-state index contributed by atoms with van der Waals surface area (Å²) in [5, 5.41) is 11.9. The molecule has 1 aromatic heterocycles. The molecular formula is C19H15NO6S. The van der Waals surface area contributed by atoms with E-state index >= 15 is 0 Å². The number of ketones is 1. The summed E-state index contributed by atoms with van der Waals surface area (Å²) in [6.45, 7) is 1.24. The highest BCUT2D eigenvalue weighted by molar-refractivity contribution is 7.98. The highest BCUT2D eigenvalue weighted by Crippen LogP contribution is 2.29. The fourth-order valence-corrected chi connectivity index (χ4v) is 3.23. The Morgan fingerprint density at radius 3 is 2.63 bits per heavy atom. The van der Waals surface area contributed by atoms with Crippen LogP contribution in [0.2, 0.25) is 0 Å². The fourth-order valence-electron chi connectivity index (χ4n) is 2.68. The molecule has 27 heavy (non-hydrogen) atoms. The third-order valence-electron chi connectivity index (χ3n) is 4.04. The van der Waals surface area contributed by atoms with E-state index in [1.807, 2.05) is 12.1 Å². The van der Waals surface area contributed by atoms with Crippen molar-refractivity contribution in [1.82, 2.24) is 0 Å². The van der Waals surface area contributed by atoms with Gasteiger partial charge in [-0.3, -0.25) is 14.9 Å². The van der Waals surface area contributed by atoms with E-state index in [2.05, 4.69) is 0 Å². The minimum atomic E-state index is -0.812. The second-order valence-corrected chi connectivity index (χ2v) is 6.54. The van der Waals surface area contributed by atoms with Crippen LogP contribution < -0.4 is 0 Å². The molecule has 0 aliphatic rings. The number of furan rings is 1. The van der Waals surface area contributed by atoms with Crippen molar-refractivity contribution in [1.29, 1.82) is 0 Å². The maximum absolute atomic E-state index is 12.4. The average molecular weight is 385 g/mol. The predicted molar refractivity (Wildman–Crippen MR) is 100 cm³/mol. The molecule has 0 saturated carbocycles. The van der Waals surface area contributed by atoms with Gasteiger partial charge < -0.3 is 9.15 Å². The number of benzene rings is 2. The Balaban J connectivity index is 1.75. The Morgan fingerprint density at radius 1 is 1.22 bits per heavy atom. The first-order chi connectivity index (χ1) is 12.9. The number of esters is 1. The van der Waals surface area contributed by atoms with Crippen LogP contribution in [0.4, 0.5) is 5.69 Å². The Labute approximate surface area is 158 Å². The molecule has 7 nitrogen and oxygen atoms in total. The van der Waals surface area contributed by atoms with Crippen LogP contribution in [0.25, 0.3) is 11.0 Å². The Bertz CT molecular complexity index is 1060. The quantitative estimate of drug-likeness (QED) is 0.204. The van der Waals surface area contributed by atoms with Crippen LogP contribution >= 0.6 is 11.8 Å². The topological polar surface area (TPSA) is 99.7 Å². The van der Waals surface area contributed by atoms with Crippen molar-refractivity contribution in [2.45, 2.75) is 11.8 Å². The number of rotatable bonds is 6. The standard InChI is InChI=1S/C19H15NO6S/c1-11-13-5-3-4-6-16(13)26-18(11)15(21)10-25-19(22)12-7-8-17(27-2)14(9-12)20(23)24/h3-9H,10H2,1-2H3. The van der Waals surface area contributed by atoms with E-state index in [4.69, 9.17) is 9.15 Å². The van der Waals surface area contributed by atoms with Gasteiger partial charge in [0, 0.05) is 17.0 Å². The molecule has 0 atom stereocenters. The number of nitrogens with zero attached hydrogens (tertiary/aromatic N) is 1. The van der Waals surface area contributed by atoms with Gasteiger partial charge >= 0.3 is 5.97 Å². The highest BCUT2D eigenvalue weighted by atomic mass is 32.2. The molecule has 2 aromatic carbocycles. The van der Waals surface area contributed by atoms with Gasteiger partial charge in [0.15, 0.2) is 12.4 Å². The van der Waals surface area contributed by atoms with Gasteiger partial charge in [0.2, 0.25) is 5.78 Å². The predicted octanol–water partition coefficient (Wildman–Crippen LogP) is 4.41. The number of para-hydroxylation sites is 1. The zero-order chi connectivity index (χ0) is 19.6.